The first-order valence-corrected chi connectivity index (χ1v) is 28.7. The first kappa shape index (κ1) is 63.4. The zero-order chi connectivity index (χ0) is 48.7. The van der Waals surface area contributed by atoms with Crippen LogP contribution in [0.1, 0.15) is 271 Å². The van der Waals surface area contributed by atoms with E-state index in [1.165, 1.54) is 205 Å². The van der Waals surface area contributed by atoms with E-state index in [9.17, 15) is 30.3 Å². The van der Waals surface area contributed by atoms with E-state index in [4.69, 9.17) is 9.47 Å². The van der Waals surface area contributed by atoms with Crippen LogP contribution < -0.4 is 5.32 Å². The summed E-state index contributed by atoms with van der Waals surface area (Å²) in [6, 6.07) is -0.826. The molecule has 67 heavy (non-hydrogen) atoms. The van der Waals surface area contributed by atoms with Crippen molar-refractivity contribution in [1.29, 1.82) is 0 Å². The van der Waals surface area contributed by atoms with Crippen molar-refractivity contribution < 1.29 is 39.8 Å². The highest BCUT2D eigenvalue weighted by Gasteiger charge is 2.44. The fourth-order valence-electron chi connectivity index (χ4n) is 9.13. The van der Waals surface area contributed by atoms with Crippen LogP contribution in [0.15, 0.2) is 36.5 Å². The number of allylic oxidation sites excluding steroid dienone is 5. The van der Waals surface area contributed by atoms with Crippen LogP contribution in [0.2, 0.25) is 0 Å². The Morgan fingerprint density at radius 2 is 0.851 bits per heavy atom. The summed E-state index contributed by atoms with van der Waals surface area (Å²) < 4.78 is 11.3. The minimum atomic E-state index is -1.57. The molecule has 394 valence electrons. The number of carbonyl (C=O) groups is 1. The number of nitrogens with one attached hydrogen (secondary N) is 1. The van der Waals surface area contributed by atoms with Crippen molar-refractivity contribution >= 4 is 5.91 Å². The van der Waals surface area contributed by atoms with Crippen LogP contribution in [0.4, 0.5) is 0 Å². The number of rotatable bonds is 49. The summed E-state index contributed by atoms with van der Waals surface area (Å²) in [5, 5.41) is 54.5. The Bertz CT molecular complexity index is 1150. The van der Waals surface area contributed by atoms with Crippen molar-refractivity contribution in [3.05, 3.63) is 36.5 Å². The fourth-order valence-corrected chi connectivity index (χ4v) is 9.13. The van der Waals surface area contributed by atoms with Crippen LogP contribution in [0.3, 0.4) is 0 Å². The van der Waals surface area contributed by atoms with E-state index < -0.39 is 49.5 Å². The molecular weight excluding hydrogens is 839 g/mol. The van der Waals surface area contributed by atoms with Gasteiger partial charge in [-0.15, -0.1) is 0 Å². The number of amides is 1. The Kier molecular flexibility index (Phi) is 45.5. The van der Waals surface area contributed by atoms with E-state index in [0.717, 1.165) is 44.9 Å². The van der Waals surface area contributed by atoms with Crippen LogP contribution in [-0.2, 0) is 14.3 Å². The van der Waals surface area contributed by atoms with Crippen molar-refractivity contribution in [2.75, 3.05) is 13.2 Å². The van der Waals surface area contributed by atoms with E-state index in [1.807, 2.05) is 6.08 Å². The molecule has 9 heteroatoms. The van der Waals surface area contributed by atoms with Crippen LogP contribution in [0.5, 0.6) is 0 Å². The van der Waals surface area contributed by atoms with Gasteiger partial charge in [0, 0.05) is 6.42 Å². The Labute approximate surface area is 412 Å². The molecule has 0 aromatic carbocycles. The molecule has 0 aromatic rings. The summed E-state index contributed by atoms with van der Waals surface area (Å²) in [4.78, 5) is 13.0. The summed E-state index contributed by atoms with van der Waals surface area (Å²) in [6.45, 7) is 3.79. The highest BCUT2D eigenvalue weighted by Crippen LogP contribution is 2.23. The highest BCUT2D eigenvalue weighted by molar-refractivity contribution is 5.76. The lowest BCUT2D eigenvalue weighted by Crippen LogP contribution is -2.60. The molecule has 1 saturated heterocycles. The standard InChI is InChI=1S/C58H109NO8/c1-3-5-7-9-11-13-15-17-19-21-23-25-26-27-28-29-31-33-35-37-39-41-43-45-47-52(61)51(50-66-58-57(65)56(64)55(63)53(49-60)67-58)59-54(62)48-46-44-42-40-38-36-34-32-30-24-22-20-18-16-14-12-10-8-6-4-2/h29,31,37,39,45,47,51-53,55-58,60-61,63-65H,3-28,30,32-36,38,40-44,46,48-50H2,1-2H3,(H,59,62)/b31-29+,39-37+,47-45+. The zero-order valence-corrected chi connectivity index (χ0v) is 43.7. The Morgan fingerprint density at radius 3 is 1.25 bits per heavy atom. The summed E-state index contributed by atoms with van der Waals surface area (Å²) in [6.07, 6.45) is 55.0. The van der Waals surface area contributed by atoms with Crippen LogP contribution >= 0.6 is 0 Å². The van der Waals surface area contributed by atoms with Gasteiger partial charge in [0.15, 0.2) is 6.29 Å². The van der Waals surface area contributed by atoms with E-state index in [0.29, 0.717) is 6.42 Å². The molecule has 0 spiro atoms. The lowest BCUT2D eigenvalue weighted by Gasteiger charge is -2.40. The summed E-state index contributed by atoms with van der Waals surface area (Å²) in [7, 11) is 0. The highest BCUT2D eigenvalue weighted by atomic mass is 16.7. The Balaban J connectivity index is 2.27. The van der Waals surface area contributed by atoms with E-state index in [2.05, 4.69) is 43.5 Å². The predicted octanol–water partition coefficient (Wildman–Crippen LogP) is 14.0. The molecule has 0 aliphatic carbocycles. The largest absolute Gasteiger partial charge is 0.394 e. The normalized spacial score (nSPS) is 19.9. The van der Waals surface area contributed by atoms with Crippen molar-refractivity contribution in [2.45, 2.75) is 314 Å². The van der Waals surface area contributed by atoms with Crippen LogP contribution in [-0.4, -0.2) is 87.5 Å². The van der Waals surface area contributed by atoms with Gasteiger partial charge in [-0.05, 0) is 44.9 Å². The van der Waals surface area contributed by atoms with Crippen molar-refractivity contribution in [2.24, 2.45) is 0 Å². The number of hydrogen-bond donors (Lipinski definition) is 6. The SMILES string of the molecule is CCCCCCCCCCCCCCCC/C=C/CC/C=C/CC/C=C/C(O)C(COC1OC(CO)C(O)C(O)C1O)NC(=O)CCCCCCCCCCCCCCCCCCCCCC. The van der Waals surface area contributed by atoms with Gasteiger partial charge in [-0.3, -0.25) is 4.79 Å². The second-order valence-corrected chi connectivity index (χ2v) is 20.1. The molecule has 0 bridgehead atoms. The number of unbranched alkanes of at least 4 members (excludes halogenated alkanes) is 35. The molecule has 0 aromatic heterocycles. The number of carbonyl (C=O) groups excluding carboxylic acids is 1. The molecule has 7 atom stereocenters. The maximum atomic E-state index is 13.0. The molecule has 1 amide bonds. The van der Waals surface area contributed by atoms with Gasteiger partial charge >= 0.3 is 0 Å². The molecule has 1 aliphatic rings. The quantitative estimate of drug-likeness (QED) is 0.0261. The maximum Gasteiger partial charge on any atom is 0.220 e. The van der Waals surface area contributed by atoms with Crippen LogP contribution in [0, 0.1) is 0 Å². The van der Waals surface area contributed by atoms with Crippen molar-refractivity contribution in [1.82, 2.24) is 5.32 Å². The molecule has 0 radical (unpaired) electrons. The third-order valence-electron chi connectivity index (χ3n) is 13.7. The first-order chi connectivity index (χ1) is 32.8. The van der Waals surface area contributed by atoms with Gasteiger partial charge in [0.05, 0.1) is 25.4 Å². The minimum Gasteiger partial charge on any atom is -0.394 e. The monoisotopic (exact) mass is 948 g/mol. The number of aliphatic hydroxyl groups is 5. The van der Waals surface area contributed by atoms with E-state index >= 15 is 0 Å². The van der Waals surface area contributed by atoms with Gasteiger partial charge in [0.1, 0.15) is 24.4 Å². The molecule has 9 nitrogen and oxygen atoms in total. The number of ether oxygens (including phenoxy) is 2. The van der Waals surface area contributed by atoms with Gasteiger partial charge in [-0.25, -0.2) is 0 Å². The average Bonchev–Trinajstić information content (AvgIpc) is 3.33. The fraction of sp³-hybridized carbons (Fsp3) is 0.879. The number of aliphatic hydroxyl groups excluding tert-OH is 5. The second-order valence-electron chi connectivity index (χ2n) is 20.1. The first-order valence-electron chi connectivity index (χ1n) is 28.7. The van der Waals surface area contributed by atoms with Gasteiger partial charge in [0.2, 0.25) is 5.91 Å². The summed E-state index contributed by atoms with van der Waals surface area (Å²) in [5.41, 5.74) is 0. The molecular formula is C58H109NO8. The Morgan fingerprint density at radius 1 is 0.493 bits per heavy atom. The summed E-state index contributed by atoms with van der Waals surface area (Å²) in [5.74, 6) is -0.186. The molecule has 7 unspecified atom stereocenters. The molecule has 6 N–H and O–H groups in total. The average molecular weight is 949 g/mol. The van der Waals surface area contributed by atoms with E-state index in [1.54, 1.807) is 6.08 Å². The van der Waals surface area contributed by atoms with Gasteiger partial charge in [0.25, 0.3) is 0 Å². The molecule has 1 fully saturated rings. The third kappa shape index (κ3) is 37.9. The third-order valence-corrected chi connectivity index (χ3v) is 13.7. The zero-order valence-electron chi connectivity index (χ0n) is 43.7. The van der Waals surface area contributed by atoms with Crippen molar-refractivity contribution in [3.8, 4) is 0 Å². The van der Waals surface area contributed by atoms with E-state index in [-0.39, 0.29) is 12.5 Å². The molecule has 1 heterocycles. The van der Waals surface area contributed by atoms with Crippen molar-refractivity contribution in [3.63, 3.8) is 0 Å². The topological polar surface area (TPSA) is 149 Å². The van der Waals surface area contributed by atoms with Gasteiger partial charge < -0.3 is 40.3 Å². The lowest BCUT2D eigenvalue weighted by molar-refractivity contribution is -0.302. The van der Waals surface area contributed by atoms with Crippen LogP contribution in [0.25, 0.3) is 0 Å². The summed E-state index contributed by atoms with van der Waals surface area (Å²) >= 11 is 0. The maximum absolute atomic E-state index is 13.0. The Hall–Kier alpha value is -1.59. The lowest BCUT2D eigenvalue weighted by atomic mass is 9.99. The second kappa shape index (κ2) is 48.1. The molecule has 0 saturated carbocycles. The van der Waals surface area contributed by atoms with Gasteiger partial charge in [-0.1, -0.05) is 256 Å². The predicted molar refractivity (Wildman–Crippen MR) is 281 cm³/mol. The minimum absolute atomic E-state index is 0.186. The molecule has 1 rings (SSSR count). The smallest absolute Gasteiger partial charge is 0.220 e. The molecule has 1 aliphatic heterocycles. The van der Waals surface area contributed by atoms with Gasteiger partial charge in [-0.2, -0.15) is 0 Å². The number of hydrogen-bond acceptors (Lipinski definition) is 8.